The molecule has 3 rings (SSSR count). The van der Waals surface area contributed by atoms with Crippen molar-refractivity contribution >= 4 is 0 Å². The van der Waals surface area contributed by atoms with Gasteiger partial charge in [-0.1, -0.05) is 48.4 Å². The van der Waals surface area contributed by atoms with Crippen LogP contribution in [-0.4, -0.2) is 4.57 Å². The van der Waals surface area contributed by atoms with Gasteiger partial charge in [-0.2, -0.15) is 0 Å². The number of hydrogen-bond donors (Lipinski definition) is 0. The average Bonchev–Trinajstić information content (AvgIpc) is 3.06. The van der Waals surface area contributed by atoms with E-state index in [1.807, 2.05) is 0 Å². The Morgan fingerprint density at radius 1 is 1.08 bits per heavy atom. The lowest BCUT2D eigenvalue weighted by molar-refractivity contribution is -0.671. The molecule has 0 saturated carbocycles. The summed E-state index contributed by atoms with van der Waals surface area (Å²) in [5, 5.41) is 0. The minimum Gasteiger partial charge on any atom is -1.00 e. The van der Waals surface area contributed by atoms with E-state index in [1.54, 1.807) is 5.57 Å². The predicted octanol–water partition coefficient (Wildman–Crippen LogP) is 1.60. The molecule has 24 heavy (non-hydrogen) atoms. The van der Waals surface area contributed by atoms with Gasteiger partial charge in [0.1, 0.15) is 18.4 Å². The van der Waals surface area contributed by atoms with Crippen LogP contribution in [0, 0.1) is 5.92 Å². The maximum absolute atomic E-state index is 2.35. The summed E-state index contributed by atoms with van der Waals surface area (Å²) in [5.41, 5.74) is 7.47. The van der Waals surface area contributed by atoms with Crippen LogP contribution in [0.1, 0.15) is 45.7 Å². The molecule has 1 aliphatic rings. The molecule has 0 radical (unpaired) electrons. The zero-order valence-corrected chi connectivity index (χ0v) is 17.4. The van der Waals surface area contributed by atoms with E-state index in [9.17, 15) is 0 Å². The third kappa shape index (κ3) is 3.51. The summed E-state index contributed by atoms with van der Waals surface area (Å²) in [5.74, 6) is 0.561. The van der Waals surface area contributed by atoms with Gasteiger partial charge in [0.05, 0.1) is 7.05 Å². The van der Waals surface area contributed by atoms with E-state index in [0.717, 1.165) is 6.42 Å². The minimum absolute atomic E-state index is 0. The van der Waals surface area contributed by atoms with Crippen molar-refractivity contribution in [2.75, 3.05) is 0 Å². The highest BCUT2D eigenvalue weighted by Gasteiger charge is 2.28. The first kappa shape index (κ1) is 19.0. The zero-order valence-electron chi connectivity index (χ0n) is 15.3. The fraction of sp³-hybridized carbons (Fsp3) is 0.381. The lowest BCUT2D eigenvalue weighted by Gasteiger charge is -2.19. The predicted molar refractivity (Wildman–Crippen MR) is 95.0 cm³/mol. The number of nitrogens with zero attached hydrogens (tertiary/aromatic N) is 2. The summed E-state index contributed by atoms with van der Waals surface area (Å²) in [7, 11) is 2.08. The van der Waals surface area contributed by atoms with Crippen LogP contribution in [0.2, 0.25) is 0 Å². The second kappa shape index (κ2) is 7.68. The lowest BCUT2D eigenvalue weighted by Crippen LogP contribution is -3.00. The number of aryl methyl sites for hydroxylation is 1. The van der Waals surface area contributed by atoms with Crippen LogP contribution in [0.3, 0.4) is 0 Å². The molecule has 0 N–H and O–H groups in total. The molecule has 0 fully saturated rings. The van der Waals surface area contributed by atoms with Gasteiger partial charge in [0, 0.05) is 6.42 Å². The zero-order chi connectivity index (χ0) is 16.6. The van der Waals surface area contributed by atoms with Crippen molar-refractivity contribution in [1.82, 2.24) is 4.57 Å². The van der Waals surface area contributed by atoms with Crippen LogP contribution in [-0.2, 0) is 7.05 Å². The molecule has 2 nitrogen and oxygen atoms in total. The summed E-state index contributed by atoms with van der Waals surface area (Å²) in [4.78, 5) is 0. The maximum Gasteiger partial charge on any atom is 0.244 e. The number of rotatable bonds is 4. The van der Waals surface area contributed by atoms with Crippen LogP contribution in [0.5, 0.6) is 0 Å². The van der Waals surface area contributed by atoms with E-state index in [0.29, 0.717) is 12.0 Å². The van der Waals surface area contributed by atoms with E-state index in [1.165, 1.54) is 22.3 Å². The molecule has 3 heteroatoms. The molecule has 0 saturated heterocycles. The van der Waals surface area contributed by atoms with Crippen molar-refractivity contribution < 1.29 is 28.5 Å². The number of imidazole rings is 1. The standard InChI is InChI=1S/C21H27N2.HI/c1-15-16(2)18(4)20(17(15)3)13-21(19-9-7-6-8-10-19)23-12-11-22(5)14-23;/h6-12,14,17,21H,13H2,1-5H3;1H/q+1;/p-1. The van der Waals surface area contributed by atoms with Gasteiger partial charge in [0.15, 0.2) is 0 Å². The fourth-order valence-corrected chi connectivity index (χ4v) is 3.71. The number of aromatic nitrogens is 2. The summed E-state index contributed by atoms with van der Waals surface area (Å²) in [6.07, 6.45) is 7.55. The quantitative estimate of drug-likeness (QED) is 0.511. The van der Waals surface area contributed by atoms with Gasteiger partial charge in [-0.05, 0) is 43.4 Å². The molecule has 0 aliphatic heterocycles. The maximum atomic E-state index is 2.35. The lowest BCUT2D eigenvalue weighted by atomic mass is 9.90. The van der Waals surface area contributed by atoms with Gasteiger partial charge in [-0.3, -0.25) is 0 Å². The first-order valence-electron chi connectivity index (χ1n) is 8.44. The highest BCUT2D eigenvalue weighted by Crippen LogP contribution is 2.41. The van der Waals surface area contributed by atoms with Crippen molar-refractivity contribution in [2.45, 2.75) is 40.2 Å². The highest BCUT2D eigenvalue weighted by atomic mass is 127. The van der Waals surface area contributed by atoms with Gasteiger partial charge in [0.25, 0.3) is 0 Å². The van der Waals surface area contributed by atoms with Gasteiger partial charge in [-0.25, -0.2) is 9.13 Å². The number of hydrogen-bond acceptors (Lipinski definition) is 0. The molecule has 1 aromatic heterocycles. The Bertz CT molecular complexity index is 768. The normalized spacial score (nSPS) is 18.8. The number of allylic oxidation sites excluding steroid dienone is 4. The van der Waals surface area contributed by atoms with Crippen molar-refractivity contribution in [3.8, 4) is 0 Å². The van der Waals surface area contributed by atoms with Crippen LogP contribution in [0.4, 0.5) is 0 Å². The molecule has 128 valence electrons. The summed E-state index contributed by atoms with van der Waals surface area (Å²) < 4.78 is 4.45. The molecule has 0 bridgehead atoms. The van der Waals surface area contributed by atoms with Gasteiger partial charge < -0.3 is 24.0 Å². The molecule has 1 aromatic carbocycles. The Labute approximate surface area is 162 Å². The molecular formula is C21H27IN2. The first-order valence-corrected chi connectivity index (χ1v) is 8.44. The fourth-order valence-electron chi connectivity index (χ4n) is 3.71. The Morgan fingerprint density at radius 3 is 2.25 bits per heavy atom. The largest absolute Gasteiger partial charge is 1.00 e. The summed E-state index contributed by atoms with van der Waals surface area (Å²) >= 11 is 0. The Kier molecular flexibility index (Phi) is 6.07. The van der Waals surface area contributed by atoms with E-state index < -0.39 is 0 Å². The highest BCUT2D eigenvalue weighted by molar-refractivity contribution is 5.47. The van der Waals surface area contributed by atoms with Crippen LogP contribution < -0.4 is 28.5 Å². The minimum atomic E-state index is 0. The number of halogens is 1. The Balaban J connectivity index is 0.00000208. The smallest absolute Gasteiger partial charge is 0.244 e. The topological polar surface area (TPSA) is 8.81 Å². The average molecular weight is 434 g/mol. The second-order valence-corrected chi connectivity index (χ2v) is 6.84. The van der Waals surface area contributed by atoms with Gasteiger partial charge >= 0.3 is 0 Å². The third-order valence-corrected chi connectivity index (χ3v) is 5.55. The second-order valence-electron chi connectivity index (χ2n) is 6.84. The molecule has 2 unspecified atom stereocenters. The first-order chi connectivity index (χ1) is 11.0. The molecule has 2 atom stereocenters. The Hall–Kier alpha value is -1.36. The number of benzene rings is 1. The van der Waals surface area contributed by atoms with Gasteiger partial charge in [-0.15, -0.1) is 0 Å². The van der Waals surface area contributed by atoms with E-state index in [-0.39, 0.29) is 24.0 Å². The molecule has 0 spiro atoms. The Morgan fingerprint density at radius 2 is 1.75 bits per heavy atom. The van der Waals surface area contributed by atoms with Crippen molar-refractivity contribution in [3.63, 3.8) is 0 Å². The molecule has 2 aromatic rings. The molecular weight excluding hydrogens is 407 g/mol. The van der Waals surface area contributed by atoms with Crippen LogP contribution in [0.15, 0.2) is 71.3 Å². The molecule has 0 amide bonds. The monoisotopic (exact) mass is 434 g/mol. The summed E-state index contributed by atoms with van der Waals surface area (Å²) in [6.45, 7) is 9.18. The SMILES string of the molecule is CC1=C(C)C(C)C(CC(c2ccccc2)n2cc[n+](C)c2)=C1C.[I-]. The molecule has 1 heterocycles. The van der Waals surface area contributed by atoms with E-state index in [4.69, 9.17) is 0 Å². The van der Waals surface area contributed by atoms with E-state index in [2.05, 4.69) is 92.9 Å². The third-order valence-electron chi connectivity index (χ3n) is 5.55. The summed E-state index contributed by atoms with van der Waals surface area (Å²) in [6, 6.07) is 11.2. The van der Waals surface area contributed by atoms with Crippen molar-refractivity contribution in [1.29, 1.82) is 0 Å². The van der Waals surface area contributed by atoms with Crippen molar-refractivity contribution in [3.05, 3.63) is 76.9 Å². The van der Waals surface area contributed by atoms with Crippen molar-refractivity contribution in [2.24, 2.45) is 13.0 Å². The van der Waals surface area contributed by atoms with Crippen LogP contribution in [0.25, 0.3) is 0 Å². The van der Waals surface area contributed by atoms with Gasteiger partial charge in [0.2, 0.25) is 6.33 Å². The van der Waals surface area contributed by atoms with Crippen LogP contribution >= 0.6 is 0 Å². The molecule has 1 aliphatic carbocycles. The van der Waals surface area contributed by atoms with E-state index >= 15 is 0 Å².